The summed E-state index contributed by atoms with van der Waals surface area (Å²) in [6, 6.07) is 0. The van der Waals surface area contributed by atoms with Gasteiger partial charge in [-0.3, -0.25) is 4.90 Å². The quantitative estimate of drug-likeness (QED) is 0.0278. The summed E-state index contributed by atoms with van der Waals surface area (Å²) in [5, 5.41) is 0. The molecule has 0 fully saturated rings. The smallest absolute Gasteiger partial charge is 0.137 e. The lowest BCUT2D eigenvalue weighted by molar-refractivity contribution is -0.154. The summed E-state index contributed by atoms with van der Waals surface area (Å²) in [5.41, 5.74) is 0. The zero-order valence-electron chi connectivity index (χ0n) is 62.4. The molecule has 0 aromatic carbocycles. The fourth-order valence-corrected chi connectivity index (χ4v) is 11.9. The van der Waals surface area contributed by atoms with E-state index in [2.05, 4.69) is 146 Å². The molecule has 542 valence electrons. The summed E-state index contributed by atoms with van der Waals surface area (Å²) < 4.78 is 29.4. The number of allylic oxidation sites excluding steroid dienone is 16. The third-order valence-electron chi connectivity index (χ3n) is 18.0. The van der Waals surface area contributed by atoms with Crippen LogP contribution in [-0.4, -0.2) is 85.3 Å². The van der Waals surface area contributed by atoms with Gasteiger partial charge in [-0.05, 0) is 167 Å². The molecule has 1 aromatic rings. The van der Waals surface area contributed by atoms with E-state index in [0.717, 1.165) is 116 Å². The van der Waals surface area contributed by atoms with E-state index >= 15 is 0 Å². The Bertz CT molecular complexity index is 1880. The van der Waals surface area contributed by atoms with Crippen molar-refractivity contribution in [1.82, 2.24) is 14.5 Å². The van der Waals surface area contributed by atoms with E-state index in [9.17, 15) is 4.79 Å². The molecule has 8 heteroatoms. The Morgan fingerprint density at radius 1 is 0.372 bits per heavy atom. The summed E-state index contributed by atoms with van der Waals surface area (Å²) in [6.45, 7) is 15.0. The number of imidazole rings is 1. The maximum absolute atomic E-state index is 12.6. The van der Waals surface area contributed by atoms with Gasteiger partial charge in [-0.25, -0.2) is 4.98 Å². The minimum Gasteiger partial charge on any atom is -0.379 e. The Kier molecular flexibility index (Phi) is 72.5. The Balaban J connectivity index is 3.05. The van der Waals surface area contributed by atoms with Crippen LogP contribution in [0, 0.1) is 0 Å². The fraction of sp³-hybridized carbons (Fsp3) is 0.767. The largest absolute Gasteiger partial charge is 0.379 e. The number of unbranched alkanes of at least 4 members (excludes halogenated alkanes) is 36. The monoisotopic (exact) mass is 1310 g/mol. The highest BCUT2D eigenvalue weighted by Crippen LogP contribution is 2.21. The predicted molar refractivity (Wildman–Crippen MR) is 411 cm³/mol. The first kappa shape index (κ1) is 88.6. The molecule has 0 aliphatic carbocycles. The second kappa shape index (κ2) is 77.0. The average Bonchev–Trinajstić information content (AvgIpc) is 1.51. The molecule has 0 aliphatic rings. The highest BCUT2D eigenvalue weighted by atomic mass is 16.6. The van der Waals surface area contributed by atoms with Crippen LogP contribution in [0.4, 0.5) is 0 Å². The van der Waals surface area contributed by atoms with Crippen molar-refractivity contribution in [1.29, 1.82) is 0 Å². The van der Waals surface area contributed by atoms with Gasteiger partial charge in [0.1, 0.15) is 18.6 Å². The van der Waals surface area contributed by atoms with E-state index in [0.29, 0.717) is 26.2 Å². The lowest BCUT2D eigenvalue weighted by atomic mass is 10.1. The van der Waals surface area contributed by atoms with Crippen molar-refractivity contribution in [3.63, 3.8) is 0 Å². The van der Waals surface area contributed by atoms with E-state index < -0.39 is 0 Å². The minimum atomic E-state index is -0.342. The maximum atomic E-state index is 12.6. The molecule has 8 nitrogen and oxygen atoms in total. The molecule has 3 atom stereocenters. The Morgan fingerprint density at radius 2 is 0.713 bits per heavy atom. The predicted octanol–water partition coefficient (Wildman–Crippen LogP) is 25.9. The van der Waals surface area contributed by atoms with Crippen LogP contribution < -0.4 is 0 Å². The molecule has 0 radical (unpaired) electrons. The van der Waals surface area contributed by atoms with Crippen LogP contribution in [0.1, 0.15) is 355 Å². The number of rotatable bonds is 76. The average molecular weight is 1310 g/mol. The van der Waals surface area contributed by atoms with Gasteiger partial charge in [0.25, 0.3) is 0 Å². The van der Waals surface area contributed by atoms with Crippen LogP contribution >= 0.6 is 0 Å². The normalized spacial score (nSPS) is 13.5. The summed E-state index contributed by atoms with van der Waals surface area (Å²) in [4.78, 5) is 19.5. The minimum absolute atomic E-state index is 0.0178. The molecule has 1 rings (SSSR count). The van der Waals surface area contributed by atoms with Crippen LogP contribution in [0.15, 0.2) is 116 Å². The van der Waals surface area contributed by atoms with E-state index in [1.165, 1.54) is 244 Å². The number of aromatic nitrogens is 2. The molecule has 0 saturated heterocycles. The third kappa shape index (κ3) is 64.6. The van der Waals surface area contributed by atoms with Gasteiger partial charge in [0.2, 0.25) is 0 Å². The van der Waals surface area contributed by atoms with Crippen molar-refractivity contribution in [3.05, 3.63) is 116 Å². The van der Waals surface area contributed by atoms with Crippen molar-refractivity contribution in [3.8, 4) is 0 Å². The van der Waals surface area contributed by atoms with E-state index in [1.807, 2.05) is 12.5 Å². The SMILES string of the molecule is CCCCC/C=C\C/C=C\CCCCCCCCOCC(CCN(CCCn1ccnc1)C(OCCCCCCCC/C=C\C/C=C\CCCCC)C(CC=O)OCCCCCCCC/C=C\C/C=C\CCCCC)OCCCCCCCC/C=C\C/C=C\CCCCC. The highest BCUT2D eigenvalue weighted by molar-refractivity contribution is 5.50. The number of carbonyl (C=O) groups excluding carboxylic acids is 1. The van der Waals surface area contributed by atoms with Crippen LogP contribution in [-0.2, 0) is 30.3 Å². The number of aryl methyl sites for hydroxylation is 1. The molecule has 0 bridgehead atoms. The molecule has 1 heterocycles. The molecule has 1 aromatic heterocycles. The van der Waals surface area contributed by atoms with Crippen molar-refractivity contribution < 1.29 is 23.7 Å². The Morgan fingerprint density at radius 3 is 1.07 bits per heavy atom. The second-order valence-corrected chi connectivity index (χ2v) is 27.0. The number of nitrogens with zero attached hydrogens (tertiary/aromatic N) is 3. The zero-order valence-corrected chi connectivity index (χ0v) is 62.4. The third-order valence-corrected chi connectivity index (χ3v) is 18.0. The topological polar surface area (TPSA) is 75.0 Å². The Hall–Kier alpha value is -3.40. The summed E-state index contributed by atoms with van der Waals surface area (Å²) >= 11 is 0. The van der Waals surface area contributed by atoms with Crippen molar-refractivity contribution in [2.24, 2.45) is 0 Å². The van der Waals surface area contributed by atoms with Crippen LogP contribution in [0.2, 0.25) is 0 Å². The van der Waals surface area contributed by atoms with Gasteiger partial charge in [-0.1, -0.05) is 279 Å². The van der Waals surface area contributed by atoms with Gasteiger partial charge in [0.15, 0.2) is 0 Å². The Labute approximate surface area is 583 Å². The molecule has 0 amide bonds. The van der Waals surface area contributed by atoms with Crippen LogP contribution in [0.5, 0.6) is 0 Å². The summed E-state index contributed by atoms with van der Waals surface area (Å²) in [6.07, 6.45) is 105. The first-order valence-corrected chi connectivity index (χ1v) is 40.5. The first-order chi connectivity index (χ1) is 46.7. The lowest BCUT2D eigenvalue weighted by Gasteiger charge is -2.37. The van der Waals surface area contributed by atoms with E-state index in [1.54, 1.807) is 0 Å². The van der Waals surface area contributed by atoms with E-state index in [4.69, 9.17) is 18.9 Å². The van der Waals surface area contributed by atoms with Crippen LogP contribution in [0.3, 0.4) is 0 Å². The standard InChI is InChI=1S/C86H153N3O5/c1-5-9-13-17-21-25-29-33-37-41-45-49-53-57-61-65-78-91-82-84(92-79-66-62-58-54-50-46-42-38-34-30-26-22-18-14-10-6-2)70-75-89(74-69-73-88-76-72-87-83-88)86(94-81-68-64-60-56-52-48-44-40-36-32-28-24-20-16-12-8-4)85(71-77-90)93-80-67-63-59-55-51-47-43-39-35-31-27-23-19-15-11-7-3/h21-28,33-40,72,76-77,83-86H,5-20,29-32,41-71,73-75,78-82H2,1-4H3/b25-21-,26-22-,27-23-,28-24-,37-33-,38-34-,39-35-,40-36-. The molecule has 0 N–H and O–H groups in total. The number of hydrogen-bond donors (Lipinski definition) is 0. The number of ether oxygens (including phenoxy) is 4. The summed E-state index contributed by atoms with van der Waals surface area (Å²) in [7, 11) is 0. The van der Waals surface area contributed by atoms with Gasteiger partial charge in [-0.15, -0.1) is 0 Å². The van der Waals surface area contributed by atoms with Gasteiger partial charge >= 0.3 is 0 Å². The molecule has 0 spiro atoms. The molecule has 0 aliphatic heterocycles. The molecule has 94 heavy (non-hydrogen) atoms. The van der Waals surface area contributed by atoms with Crippen molar-refractivity contribution in [2.75, 3.05) is 46.1 Å². The highest BCUT2D eigenvalue weighted by Gasteiger charge is 2.30. The first-order valence-electron chi connectivity index (χ1n) is 40.5. The van der Waals surface area contributed by atoms with Crippen LogP contribution in [0.25, 0.3) is 0 Å². The number of carbonyl (C=O) groups is 1. The molecule has 0 saturated carbocycles. The molecular weight excluding hydrogens is 1150 g/mol. The van der Waals surface area contributed by atoms with Gasteiger partial charge in [-0.2, -0.15) is 0 Å². The number of aldehydes is 1. The van der Waals surface area contributed by atoms with E-state index in [-0.39, 0.29) is 18.4 Å². The molecular formula is C86H153N3O5. The van der Waals surface area contributed by atoms with Crippen molar-refractivity contribution in [2.45, 2.75) is 380 Å². The van der Waals surface area contributed by atoms with Gasteiger partial charge in [0, 0.05) is 64.9 Å². The maximum Gasteiger partial charge on any atom is 0.137 e. The number of hydrogen-bond acceptors (Lipinski definition) is 7. The fourth-order valence-electron chi connectivity index (χ4n) is 11.9. The zero-order chi connectivity index (χ0) is 67.3. The van der Waals surface area contributed by atoms with Gasteiger partial charge < -0.3 is 28.3 Å². The summed E-state index contributed by atoms with van der Waals surface area (Å²) in [5.74, 6) is 0. The lowest BCUT2D eigenvalue weighted by Crippen LogP contribution is -2.49. The molecule has 3 unspecified atom stereocenters. The van der Waals surface area contributed by atoms with Crippen molar-refractivity contribution >= 4 is 6.29 Å². The van der Waals surface area contributed by atoms with Gasteiger partial charge in [0.05, 0.1) is 19.0 Å². The second-order valence-electron chi connectivity index (χ2n) is 27.0.